The van der Waals surface area contributed by atoms with Crippen LogP contribution >= 0.6 is 0 Å². The molecule has 0 spiro atoms. The van der Waals surface area contributed by atoms with Crippen molar-refractivity contribution in [3.05, 3.63) is 0 Å². The van der Waals surface area contributed by atoms with Crippen LogP contribution in [0.5, 0.6) is 0 Å². The van der Waals surface area contributed by atoms with Gasteiger partial charge in [-0.05, 0) is 25.2 Å². The van der Waals surface area contributed by atoms with Crippen molar-refractivity contribution in [3.63, 3.8) is 0 Å². The van der Waals surface area contributed by atoms with Crippen LogP contribution in [0.25, 0.3) is 0 Å². The molecule has 0 bridgehead atoms. The molecule has 0 radical (unpaired) electrons. The van der Waals surface area contributed by atoms with Gasteiger partial charge in [0, 0.05) is 6.42 Å². The van der Waals surface area contributed by atoms with Crippen molar-refractivity contribution in [2.45, 2.75) is 90.2 Å². The maximum atomic E-state index is 12.7. The van der Waals surface area contributed by atoms with Crippen molar-refractivity contribution < 1.29 is 26.5 Å². The van der Waals surface area contributed by atoms with Crippen LogP contribution in [0.3, 0.4) is 0 Å². The van der Waals surface area contributed by atoms with Crippen LogP contribution in [-0.2, 0) is 11.2 Å². The molecule has 0 saturated carbocycles. The molecule has 0 N–H and O–H groups in total. The molecule has 1 atom stereocenters. The zero-order chi connectivity index (χ0) is 18.6. The summed E-state index contributed by atoms with van der Waals surface area (Å²) in [7, 11) is 0. The Balaban J connectivity index is 3.49. The Morgan fingerprint density at radius 2 is 1.21 bits per heavy atom. The molecule has 0 heterocycles. The molecule has 0 aromatic heterocycles. The van der Waals surface area contributed by atoms with Gasteiger partial charge >= 0.3 is 12.1 Å². The molecule has 0 aromatic rings. The molecule has 1 unspecified atom stereocenters. The molecule has 0 aliphatic rings. The SMILES string of the molecule is CC(C)CCCCCCCCC[S+]([O-])CCCC(F)(F)C(F)(F)F. The van der Waals surface area contributed by atoms with Gasteiger partial charge in [0.25, 0.3) is 0 Å². The van der Waals surface area contributed by atoms with Gasteiger partial charge in [0.1, 0.15) is 11.5 Å². The number of unbranched alkanes of at least 4 members (excludes halogenated alkanes) is 6. The first-order chi connectivity index (χ1) is 11.1. The predicted molar refractivity (Wildman–Crippen MR) is 89.9 cm³/mol. The molecule has 0 aliphatic heterocycles. The summed E-state index contributed by atoms with van der Waals surface area (Å²) < 4.78 is 72.9. The fourth-order valence-electron chi connectivity index (χ4n) is 2.40. The van der Waals surface area contributed by atoms with Crippen LogP contribution in [0.15, 0.2) is 0 Å². The third-order valence-corrected chi connectivity index (χ3v) is 5.42. The normalized spacial score (nSPS) is 14.4. The molecule has 0 saturated heterocycles. The molecular weight excluding hydrogens is 347 g/mol. The van der Waals surface area contributed by atoms with Crippen LogP contribution in [0, 0.1) is 5.92 Å². The van der Waals surface area contributed by atoms with Gasteiger partial charge in [-0.3, -0.25) is 0 Å². The summed E-state index contributed by atoms with van der Waals surface area (Å²) in [5, 5.41) is 0. The Labute approximate surface area is 146 Å². The van der Waals surface area contributed by atoms with Crippen LogP contribution in [0.1, 0.15) is 78.1 Å². The van der Waals surface area contributed by atoms with Crippen molar-refractivity contribution in [2.24, 2.45) is 5.92 Å². The van der Waals surface area contributed by atoms with Crippen LogP contribution in [0.2, 0.25) is 0 Å². The minimum Gasteiger partial charge on any atom is -0.616 e. The lowest BCUT2D eigenvalue weighted by Gasteiger charge is -2.19. The first kappa shape index (κ1) is 24.0. The second kappa shape index (κ2) is 12.3. The van der Waals surface area contributed by atoms with Crippen LogP contribution < -0.4 is 0 Å². The molecule has 146 valence electrons. The standard InChI is InChI=1S/C17H31F5OS/c1-15(2)11-8-6-4-3-5-7-9-13-24(23)14-10-12-16(18,19)17(20,21)22/h15H,3-14H2,1-2H3. The summed E-state index contributed by atoms with van der Waals surface area (Å²) in [6, 6.07) is 0. The minimum atomic E-state index is -5.51. The first-order valence-electron chi connectivity index (χ1n) is 8.86. The van der Waals surface area contributed by atoms with E-state index in [1.807, 2.05) is 0 Å². The van der Waals surface area contributed by atoms with E-state index in [4.69, 9.17) is 0 Å². The fraction of sp³-hybridized carbons (Fsp3) is 1.00. The maximum absolute atomic E-state index is 12.7. The monoisotopic (exact) mass is 378 g/mol. The number of hydrogen-bond acceptors (Lipinski definition) is 1. The van der Waals surface area contributed by atoms with Crippen molar-refractivity contribution in [1.29, 1.82) is 0 Å². The van der Waals surface area contributed by atoms with E-state index in [2.05, 4.69) is 13.8 Å². The molecule has 0 amide bonds. The summed E-state index contributed by atoms with van der Waals surface area (Å²) in [6.45, 7) is 4.43. The maximum Gasteiger partial charge on any atom is 0.453 e. The van der Waals surface area contributed by atoms with Crippen molar-refractivity contribution in [2.75, 3.05) is 11.5 Å². The highest BCUT2D eigenvalue weighted by Crippen LogP contribution is 2.38. The second-order valence-corrected chi connectivity index (χ2v) is 8.51. The third kappa shape index (κ3) is 12.3. The average molecular weight is 378 g/mol. The second-order valence-electron chi connectivity index (χ2n) is 6.81. The van der Waals surface area contributed by atoms with Gasteiger partial charge in [-0.2, -0.15) is 22.0 Å². The largest absolute Gasteiger partial charge is 0.616 e. The predicted octanol–water partition coefficient (Wildman–Crippen LogP) is 6.49. The zero-order valence-corrected chi connectivity index (χ0v) is 15.6. The summed E-state index contributed by atoms with van der Waals surface area (Å²) in [4.78, 5) is 0. The summed E-state index contributed by atoms with van der Waals surface area (Å²) in [6.07, 6.45) is 1.67. The van der Waals surface area contributed by atoms with Crippen molar-refractivity contribution >= 4 is 11.2 Å². The molecule has 0 fully saturated rings. The number of alkyl halides is 5. The summed E-state index contributed by atoms with van der Waals surface area (Å²) in [5.41, 5.74) is 0. The van der Waals surface area contributed by atoms with Gasteiger partial charge in [0.05, 0.1) is 0 Å². The summed E-state index contributed by atoms with van der Waals surface area (Å²) >= 11 is -1.30. The van der Waals surface area contributed by atoms with Crippen molar-refractivity contribution in [3.8, 4) is 0 Å². The van der Waals surface area contributed by atoms with E-state index in [-0.39, 0.29) is 12.2 Å². The lowest BCUT2D eigenvalue weighted by Crippen LogP contribution is -2.36. The van der Waals surface area contributed by atoms with Gasteiger partial charge < -0.3 is 4.55 Å². The lowest BCUT2D eigenvalue weighted by molar-refractivity contribution is -0.284. The number of hydrogen-bond donors (Lipinski definition) is 0. The molecular formula is C17H31F5OS. The lowest BCUT2D eigenvalue weighted by atomic mass is 10.0. The van der Waals surface area contributed by atoms with Gasteiger partial charge in [-0.1, -0.05) is 63.5 Å². The molecule has 1 nitrogen and oxygen atoms in total. The van der Waals surface area contributed by atoms with Gasteiger partial charge in [-0.25, -0.2) is 0 Å². The Kier molecular flexibility index (Phi) is 12.3. The Hall–Kier alpha value is -0.0400. The molecule has 0 rings (SSSR count). The van der Waals surface area contributed by atoms with Gasteiger partial charge in [-0.15, -0.1) is 0 Å². The van der Waals surface area contributed by atoms with Crippen molar-refractivity contribution in [1.82, 2.24) is 0 Å². The number of rotatable bonds is 14. The van der Waals surface area contributed by atoms with E-state index >= 15 is 0 Å². The molecule has 0 aromatic carbocycles. The fourth-order valence-corrected chi connectivity index (χ4v) is 3.60. The van der Waals surface area contributed by atoms with Crippen LogP contribution in [-0.4, -0.2) is 28.2 Å². The Morgan fingerprint density at radius 1 is 0.750 bits per heavy atom. The highest BCUT2D eigenvalue weighted by atomic mass is 32.2. The van der Waals surface area contributed by atoms with E-state index in [1.165, 1.54) is 25.7 Å². The topological polar surface area (TPSA) is 23.1 Å². The number of halogens is 5. The highest BCUT2D eigenvalue weighted by molar-refractivity contribution is 7.91. The molecule has 24 heavy (non-hydrogen) atoms. The minimum absolute atomic E-state index is 0.0825. The smallest absolute Gasteiger partial charge is 0.453 e. The third-order valence-electron chi connectivity index (χ3n) is 3.93. The van der Waals surface area contributed by atoms with E-state index in [0.717, 1.165) is 31.6 Å². The van der Waals surface area contributed by atoms with Crippen LogP contribution in [0.4, 0.5) is 22.0 Å². The Morgan fingerprint density at radius 3 is 1.71 bits per heavy atom. The van der Waals surface area contributed by atoms with Gasteiger partial charge in [0.15, 0.2) is 0 Å². The Bertz CT molecular complexity index is 308. The quantitative estimate of drug-likeness (QED) is 0.192. The van der Waals surface area contributed by atoms with E-state index in [9.17, 15) is 26.5 Å². The first-order valence-corrected chi connectivity index (χ1v) is 10.3. The summed E-state index contributed by atoms with van der Waals surface area (Å²) in [5.74, 6) is -3.62. The molecule has 7 heteroatoms. The van der Waals surface area contributed by atoms with Gasteiger partial charge in [0.2, 0.25) is 0 Å². The van der Waals surface area contributed by atoms with E-state index in [1.54, 1.807) is 0 Å². The average Bonchev–Trinajstić information content (AvgIpc) is 2.43. The molecule has 0 aliphatic carbocycles. The highest BCUT2D eigenvalue weighted by Gasteiger charge is 2.56. The zero-order valence-electron chi connectivity index (χ0n) is 14.8. The van der Waals surface area contributed by atoms with E-state index in [0.29, 0.717) is 5.75 Å². The van der Waals surface area contributed by atoms with E-state index < -0.39 is 29.7 Å².